The van der Waals surface area contributed by atoms with Crippen molar-refractivity contribution >= 4 is 0 Å². The molecule has 4 heteroatoms. The average molecular weight is 166 g/mol. The van der Waals surface area contributed by atoms with Crippen LogP contribution in [0, 0.1) is 0 Å². The molecular formula is C8H14N4. The van der Waals surface area contributed by atoms with E-state index in [9.17, 15) is 0 Å². The smallest absolute Gasteiger partial charge is 0.0670 e. The van der Waals surface area contributed by atoms with E-state index in [1.165, 1.54) is 11.3 Å². The van der Waals surface area contributed by atoms with Crippen molar-refractivity contribution in [1.82, 2.24) is 15.5 Å². The van der Waals surface area contributed by atoms with Gasteiger partial charge in [0.25, 0.3) is 0 Å². The quantitative estimate of drug-likeness (QED) is 0.558. The van der Waals surface area contributed by atoms with Gasteiger partial charge in [0.2, 0.25) is 0 Å². The van der Waals surface area contributed by atoms with Crippen LogP contribution in [0.2, 0.25) is 0 Å². The number of nitrogens with zero attached hydrogens (tertiary/aromatic N) is 1. The lowest BCUT2D eigenvalue weighted by Gasteiger charge is -2.12. The van der Waals surface area contributed by atoms with Gasteiger partial charge in [-0.1, -0.05) is 0 Å². The van der Waals surface area contributed by atoms with Crippen LogP contribution in [0.25, 0.3) is 0 Å². The molecule has 0 spiro atoms. The normalized spacial score (nSPS) is 16.1. The zero-order valence-corrected chi connectivity index (χ0v) is 7.06. The van der Waals surface area contributed by atoms with E-state index >= 15 is 0 Å². The number of nitrogens with one attached hydrogen (secondary N) is 2. The second-order valence-electron chi connectivity index (χ2n) is 3.09. The Morgan fingerprint density at radius 2 is 2.42 bits per heavy atom. The van der Waals surface area contributed by atoms with E-state index in [4.69, 9.17) is 5.73 Å². The van der Waals surface area contributed by atoms with E-state index in [1.807, 2.05) is 0 Å². The Hall–Kier alpha value is -0.870. The average Bonchev–Trinajstić information content (AvgIpc) is 2.50. The van der Waals surface area contributed by atoms with Crippen LogP contribution in [-0.2, 0) is 19.4 Å². The number of aromatic amines is 1. The number of hydrogen-bond acceptors (Lipinski definition) is 3. The van der Waals surface area contributed by atoms with Gasteiger partial charge in [0.15, 0.2) is 0 Å². The van der Waals surface area contributed by atoms with Gasteiger partial charge < -0.3 is 11.1 Å². The standard InChI is InChI=1S/C8H14N4/c9-3-1-7-6-2-4-10-5-8(6)12-11-7/h10H,1-5,9H2,(H,11,12). The minimum absolute atomic E-state index is 0.685. The predicted octanol–water partition coefficient (Wildman–Crippen LogP) is -0.443. The zero-order valence-electron chi connectivity index (χ0n) is 7.06. The Bertz CT molecular complexity index is 266. The highest BCUT2D eigenvalue weighted by molar-refractivity contribution is 5.27. The van der Waals surface area contributed by atoms with Crippen molar-refractivity contribution in [3.63, 3.8) is 0 Å². The van der Waals surface area contributed by atoms with Crippen molar-refractivity contribution in [3.05, 3.63) is 17.0 Å². The molecule has 0 aromatic carbocycles. The van der Waals surface area contributed by atoms with Crippen LogP contribution in [0.4, 0.5) is 0 Å². The van der Waals surface area contributed by atoms with Crippen molar-refractivity contribution in [1.29, 1.82) is 0 Å². The van der Waals surface area contributed by atoms with Gasteiger partial charge in [-0.25, -0.2) is 0 Å². The van der Waals surface area contributed by atoms with Crippen molar-refractivity contribution in [2.24, 2.45) is 5.73 Å². The molecule has 0 unspecified atom stereocenters. The zero-order chi connectivity index (χ0) is 8.39. The third kappa shape index (κ3) is 1.23. The van der Waals surface area contributed by atoms with Crippen LogP contribution >= 0.6 is 0 Å². The molecule has 0 radical (unpaired) electrons. The van der Waals surface area contributed by atoms with Crippen LogP contribution in [0.15, 0.2) is 0 Å². The fourth-order valence-electron chi connectivity index (χ4n) is 1.66. The molecule has 66 valence electrons. The third-order valence-corrected chi connectivity index (χ3v) is 2.27. The molecular weight excluding hydrogens is 152 g/mol. The Kier molecular flexibility index (Phi) is 2.10. The Morgan fingerprint density at radius 1 is 1.50 bits per heavy atom. The van der Waals surface area contributed by atoms with E-state index in [0.717, 1.165) is 31.6 Å². The van der Waals surface area contributed by atoms with Gasteiger partial charge >= 0.3 is 0 Å². The van der Waals surface area contributed by atoms with Gasteiger partial charge in [0, 0.05) is 13.0 Å². The molecule has 4 N–H and O–H groups in total. The number of H-pyrrole nitrogens is 1. The van der Waals surface area contributed by atoms with Crippen LogP contribution < -0.4 is 11.1 Å². The van der Waals surface area contributed by atoms with E-state index in [2.05, 4.69) is 15.5 Å². The number of aromatic nitrogens is 2. The molecule has 1 aromatic heterocycles. The lowest BCUT2D eigenvalue weighted by atomic mass is 10.0. The van der Waals surface area contributed by atoms with Gasteiger partial charge in [-0.2, -0.15) is 5.10 Å². The van der Waals surface area contributed by atoms with E-state index in [-0.39, 0.29) is 0 Å². The Labute approximate surface area is 71.5 Å². The summed E-state index contributed by atoms with van der Waals surface area (Å²) in [6, 6.07) is 0. The summed E-state index contributed by atoms with van der Waals surface area (Å²) in [5.41, 5.74) is 9.27. The molecule has 4 nitrogen and oxygen atoms in total. The first-order valence-corrected chi connectivity index (χ1v) is 4.37. The molecule has 12 heavy (non-hydrogen) atoms. The summed E-state index contributed by atoms with van der Waals surface area (Å²) in [5.74, 6) is 0. The molecule has 1 aromatic rings. The third-order valence-electron chi connectivity index (χ3n) is 2.27. The summed E-state index contributed by atoms with van der Waals surface area (Å²) in [6.07, 6.45) is 1.98. The highest BCUT2D eigenvalue weighted by Gasteiger charge is 2.14. The molecule has 0 atom stereocenters. The van der Waals surface area contributed by atoms with Crippen LogP contribution in [0.5, 0.6) is 0 Å². The van der Waals surface area contributed by atoms with E-state index < -0.39 is 0 Å². The number of hydrogen-bond donors (Lipinski definition) is 3. The number of rotatable bonds is 2. The lowest BCUT2D eigenvalue weighted by molar-refractivity contribution is 0.631. The Balaban J connectivity index is 2.25. The molecule has 2 heterocycles. The van der Waals surface area contributed by atoms with Gasteiger partial charge in [-0.05, 0) is 25.1 Å². The summed E-state index contributed by atoms with van der Waals surface area (Å²) >= 11 is 0. The van der Waals surface area contributed by atoms with Crippen LogP contribution in [0.1, 0.15) is 17.0 Å². The van der Waals surface area contributed by atoms with E-state index in [1.54, 1.807) is 0 Å². The summed E-state index contributed by atoms with van der Waals surface area (Å²) < 4.78 is 0. The fraction of sp³-hybridized carbons (Fsp3) is 0.625. The van der Waals surface area contributed by atoms with Crippen molar-refractivity contribution in [2.45, 2.75) is 19.4 Å². The van der Waals surface area contributed by atoms with E-state index in [0.29, 0.717) is 6.54 Å². The highest BCUT2D eigenvalue weighted by atomic mass is 15.1. The van der Waals surface area contributed by atoms with Gasteiger partial charge in [0.05, 0.1) is 11.4 Å². The second-order valence-corrected chi connectivity index (χ2v) is 3.09. The molecule has 0 saturated heterocycles. The Morgan fingerprint density at radius 3 is 3.25 bits per heavy atom. The summed E-state index contributed by atoms with van der Waals surface area (Å²) in [6.45, 7) is 2.67. The monoisotopic (exact) mass is 166 g/mol. The highest BCUT2D eigenvalue weighted by Crippen LogP contribution is 2.15. The maximum Gasteiger partial charge on any atom is 0.0670 e. The maximum atomic E-state index is 5.48. The SMILES string of the molecule is NCCc1n[nH]c2c1CCNC2. The van der Waals surface area contributed by atoms with Crippen molar-refractivity contribution in [3.8, 4) is 0 Å². The molecule has 0 bridgehead atoms. The van der Waals surface area contributed by atoms with Crippen molar-refractivity contribution < 1.29 is 0 Å². The first-order valence-electron chi connectivity index (χ1n) is 4.37. The van der Waals surface area contributed by atoms with Crippen molar-refractivity contribution in [2.75, 3.05) is 13.1 Å². The first-order chi connectivity index (χ1) is 5.92. The molecule has 0 aliphatic carbocycles. The molecule has 0 fully saturated rings. The molecule has 0 amide bonds. The molecule has 1 aliphatic rings. The fourth-order valence-corrected chi connectivity index (χ4v) is 1.66. The maximum absolute atomic E-state index is 5.48. The molecule has 0 saturated carbocycles. The second kappa shape index (κ2) is 3.25. The summed E-state index contributed by atoms with van der Waals surface area (Å²) in [7, 11) is 0. The van der Waals surface area contributed by atoms with Gasteiger partial charge in [0.1, 0.15) is 0 Å². The molecule has 1 aliphatic heterocycles. The number of fused-ring (bicyclic) bond motifs is 1. The largest absolute Gasteiger partial charge is 0.330 e. The minimum Gasteiger partial charge on any atom is -0.330 e. The predicted molar refractivity (Wildman–Crippen MR) is 46.8 cm³/mol. The molecule has 2 rings (SSSR count). The van der Waals surface area contributed by atoms with Crippen LogP contribution in [-0.4, -0.2) is 23.3 Å². The van der Waals surface area contributed by atoms with Gasteiger partial charge in [-0.15, -0.1) is 0 Å². The summed E-state index contributed by atoms with van der Waals surface area (Å²) in [4.78, 5) is 0. The van der Waals surface area contributed by atoms with Gasteiger partial charge in [-0.3, -0.25) is 5.10 Å². The topological polar surface area (TPSA) is 66.7 Å². The minimum atomic E-state index is 0.685. The number of nitrogens with two attached hydrogens (primary N) is 1. The lowest BCUT2D eigenvalue weighted by Crippen LogP contribution is -2.23. The van der Waals surface area contributed by atoms with Crippen LogP contribution in [0.3, 0.4) is 0 Å². The summed E-state index contributed by atoms with van der Waals surface area (Å²) in [5, 5.41) is 10.6. The first kappa shape index (κ1) is 7.76.